The lowest BCUT2D eigenvalue weighted by Crippen LogP contribution is -2.32. The Morgan fingerprint density at radius 1 is 1.50 bits per heavy atom. The normalized spacial score (nSPS) is 21.4. The molecule has 0 spiro atoms. The molecule has 0 saturated carbocycles. The lowest BCUT2D eigenvalue weighted by Gasteiger charge is -2.11. The molecule has 0 aliphatic carbocycles. The molecule has 2 N–H and O–H groups in total. The van der Waals surface area contributed by atoms with Crippen molar-refractivity contribution in [3.8, 4) is 0 Å². The summed E-state index contributed by atoms with van der Waals surface area (Å²) in [5.41, 5.74) is 0. The van der Waals surface area contributed by atoms with Crippen LogP contribution >= 0.6 is 0 Å². The molecule has 0 aromatic rings. The molecule has 0 radical (unpaired) electrons. The molecule has 1 atom stereocenters. The van der Waals surface area contributed by atoms with Crippen molar-refractivity contribution < 1.29 is 13.2 Å². The van der Waals surface area contributed by atoms with Crippen molar-refractivity contribution in [2.45, 2.75) is 31.7 Å². The molecular weight excluding hydrogens is 228 g/mol. The topological polar surface area (TPSA) is 67.4 Å². The molecule has 0 unspecified atom stereocenters. The molecule has 6 heteroatoms. The van der Waals surface area contributed by atoms with E-state index in [9.17, 15) is 8.42 Å². The van der Waals surface area contributed by atoms with Crippen molar-refractivity contribution >= 4 is 10.0 Å². The first-order valence-corrected chi connectivity index (χ1v) is 7.49. The number of methoxy groups -OCH3 is 1. The van der Waals surface area contributed by atoms with Gasteiger partial charge in [0.25, 0.3) is 0 Å². The van der Waals surface area contributed by atoms with Crippen LogP contribution in [0.3, 0.4) is 0 Å². The monoisotopic (exact) mass is 250 g/mol. The number of ether oxygens (including phenoxy) is 1. The van der Waals surface area contributed by atoms with E-state index >= 15 is 0 Å². The summed E-state index contributed by atoms with van der Waals surface area (Å²) in [5.74, 6) is 0.152. The molecule has 1 aliphatic heterocycles. The summed E-state index contributed by atoms with van der Waals surface area (Å²) in [7, 11) is -1.53. The maximum Gasteiger partial charge on any atom is 0.211 e. The molecule has 0 bridgehead atoms. The average molecular weight is 250 g/mol. The molecule has 0 aromatic heterocycles. The summed E-state index contributed by atoms with van der Waals surface area (Å²) in [6.07, 6.45) is 3.79. The Bertz CT molecular complexity index is 274. The second kappa shape index (κ2) is 7.21. The zero-order valence-electron chi connectivity index (χ0n) is 9.87. The standard InChI is InChI=1S/C10H22N2O3S/c1-15-8-3-9-16(13,14)12-7-5-10-4-2-6-11-10/h10-12H,2-9H2,1H3/t10-/m0/s1. The summed E-state index contributed by atoms with van der Waals surface area (Å²) in [5, 5.41) is 3.34. The van der Waals surface area contributed by atoms with E-state index in [-0.39, 0.29) is 5.75 Å². The highest BCUT2D eigenvalue weighted by Crippen LogP contribution is 2.07. The van der Waals surface area contributed by atoms with Crippen LogP contribution in [0.1, 0.15) is 25.7 Å². The fourth-order valence-electron chi connectivity index (χ4n) is 1.86. The Balaban J connectivity index is 2.09. The van der Waals surface area contributed by atoms with Crippen LogP contribution in [0.2, 0.25) is 0 Å². The third-order valence-electron chi connectivity index (χ3n) is 2.74. The van der Waals surface area contributed by atoms with Crippen LogP contribution in [-0.4, -0.2) is 47.0 Å². The largest absolute Gasteiger partial charge is 0.385 e. The van der Waals surface area contributed by atoms with Crippen molar-refractivity contribution in [3.63, 3.8) is 0 Å². The first-order valence-electron chi connectivity index (χ1n) is 5.84. The van der Waals surface area contributed by atoms with Gasteiger partial charge < -0.3 is 10.1 Å². The SMILES string of the molecule is COCCCS(=O)(=O)NCC[C@@H]1CCCN1. The van der Waals surface area contributed by atoms with E-state index in [1.54, 1.807) is 7.11 Å². The van der Waals surface area contributed by atoms with Crippen LogP contribution < -0.4 is 10.0 Å². The Morgan fingerprint density at radius 3 is 2.94 bits per heavy atom. The van der Waals surface area contributed by atoms with E-state index in [1.807, 2.05) is 0 Å². The second-order valence-corrected chi connectivity index (χ2v) is 6.07. The molecule has 5 nitrogen and oxygen atoms in total. The van der Waals surface area contributed by atoms with Crippen LogP contribution in [-0.2, 0) is 14.8 Å². The average Bonchev–Trinajstić information content (AvgIpc) is 2.70. The summed E-state index contributed by atoms with van der Waals surface area (Å²) in [6, 6.07) is 0.488. The summed E-state index contributed by atoms with van der Waals surface area (Å²) in [4.78, 5) is 0. The fraction of sp³-hybridized carbons (Fsp3) is 1.00. The smallest absolute Gasteiger partial charge is 0.211 e. The van der Waals surface area contributed by atoms with Crippen LogP contribution in [0, 0.1) is 0 Å². The van der Waals surface area contributed by atoms with Gasteiger partial charge in [-0.1, -0.05) is 0 Å². The molecule has 1 rings (SSSR count). The third kappa shape index (κ3) is 5.79. The zero-order valence-corrected chi connectivity index (χ0v) is 10.7. The van der Waals surface area contributed by atoms with E-state index in [0.29, 0.717) is 25.6 Å². The van der Waals surface area contributed by atoms with E-state index < -0.39 is 10.0 Å². The van der Waals surface area contributed by atoms with Gasteiger partial charge in [0, 0.05) is 26.3 Å². The molecule has 16 heavy (non-hydrogen) atoms. The van der Waals surface area contributed by atoms with Gasteiger partial charge >= 0.3 is 0 Å². The second-order valence-electron chi connectivity index (χ2n) is 4.14. The van der Waals surface area contributed by atoms with Crippen LogP contribution in [0.25, 0.3) is 0 Å². The fourth-order valence-corrected chi connectivity index (χ4v) is 2.93. The maximum atomic E-state index is 11.5. The Kier molecular flexibility index (Phi) is 6.26. The van der Waals surface area contributed by atoms with Gasteiger partial charge in [-0.3, -0.25) is 0 Å². The van der Waals surface area contributed by atoms with Gasteiger partial charge in [-0.15, -0.1) is 0 Å². The molecule has 1 heterocycles. The predicted molar refractivity (Wildman–Crippen MR) is 63.9 cm³/mol. The van der Waals surface area contributed by atoms with E-state index in [1.165, 1.54) is 6.42 Å². The Morgan fingerprint density at radius 2 is 2.31 bits per heavy atom. The molecular formula is C10H22N2O3S. The van der Waals surface area contributed by atoms with Gasteiger partial charge in [0.15, 0.2) is 0 Å². The Labute approximate surface area is 98.0 Å². The summed E-state index contributed by atoms with van der Waals surface area (Å²) in [6.45, 7) is 2.09. The van der Waals surface area contributed by atoms with E-state index in [4.69, 9.17) is 4.74 Å². The van der Waals surface area contributed by atoms with Gasteiger partial charge in [-0.05, 0) is 32.2 Å². The lowest BCUT2D eigenvalue weighted by atomic mass is 10.2. The number of rotatable bonds is 8. The first kappa shape index (κ1) is 13.9. The molecule has 1 fully saturated rings. The minimum atomic E-state index is -3.10. The van der Waals surface area contributed by atoms with Crippen molar-refractivity contribution in [2.24, 2.45) is 0 Å². The maximum absolute atomic E-state index is 11.5. The predicted octanol–water partition coefficient (Wildman–Crippen LogP) is 0.0844. The van der Waals surface area contributed by atoms with Gasteiger partial charge in [0.05, 0.1) is 5.75 Å². The summed E-state index contributed by atoms with van der Waals surface area (Å²) >= 11 is 0. The molecule has 96 valence electrons. The van der Waals surface area contributed by atoms with Crippen LogP contribution in [0.4, 0.5) is 0 Å². The highest BCUT2D eigenvalue weighted by atomic mass is 32.2. The molecule has 1 saturated heterocycles. The highest BCUT2D eigenvalue weighted by molar-refractivity contribution is 7.89. The van der Waals surface area contributed by atoms with Crippen molar-refractivity contribution in [2.75, 3.05) is 32.6 Å². The van der Waals surface area contributed by atoms with Crippen LogP contribution in [0.15, 0.2) is 0 Å². The third-order valence-corrected chi connectivity index (χ3v) is 4.21. The van der Waals surface area contributed by atoms with Crippen molar-refractivity contribution in [3.05, 3.63) is 0 Å². The van der Waals surface area contributed by atoms with Crippen molar-refractivity contribution in [1.29, 1.82) is 0 Å². The minimum Gasteiger partial charge on any atom is -0.385 e. The molecule has 0 aromatic carbocycles. The number of sulfonamides is 1. The first-order chi connectivity index (χ1) is 7.64. The number of hydrogen-bond donors (Lipinski definition) is 2. The van der Waals surface area contributed by atoms with Gasteiger partial charge in [0.2, 0.25) is 10.0 Å². The van der Waals surface area contributed by atoms with E-state index in [2.05, 4.69) is 10.0 Å². The number of hydrogen-bond acceptors (Lipinski definition) is 4. The lowest BCUT2D eigenvalue weighted by molar-refractivity contribution is 0.199. The Hall–Kier alpha value is -0.170. The van der Waals surface area contributed by atoms with Gasteiger partial charge in [-0.25, -0.2) is 13.1 Å². The minimum absolute atomic E-state index is 0.152. The van der Waals surface area contributed by atoms with Crippen LogP contribution in [0.5, 0.6) is 0 Å². The van der Waals surface area contributed by atoms with Crippen molar-refractivity contribution in [1.82, 2.24) is 10.0 Å². The van der Waals surface area contributed by atoms with E-state index in [0.717, 1.165) is 19.4 Å². The zero-order chi connectivity index (χ0) is 11.9. The van der Waals surface area contributed by atoms with Gasteiger partial charge in [0.1, 0.15) is 0 Å². The number of nitrogens with one attached hydrogen (secondary N) is 2. The summed E-state index contributed by atoms with van der Waals surface area (Å²) < 4.78 is 30.4. The van der Waals surface area contributed by atoms with Gasteiger partial charge in [-0.2, -0.15) is 0 Å². The molecule has 1 aliphatic rings. The molecule has 0 amide bonds. The highest BCUT2D eigenvalue weighted by Gasteiger charge is 2.15. The quantitative estimate of drug-likeness (QED) is 0.599.